The van der Waals surface area contributed by atoms with Gasteiger partial charge in [0.2, 0.25) is 0 Å². The van der Waals surface area contributed by atoms with E-state index in [1.54, 1.807) is 0 Å². The zero-order valence-corrected chi connectivity index (χ0v) is 9.17. The van der Waals surface area contributed by atoms with Crippen LogP contribution in [0.5, 0.6) is 0 Å². The lowest BCUT2D eigenvalue weighted by Crippen LogP contribution is -2.07. The van der Waals surface area contributed by atoms with Gasteiger partial charge >= 0.3 is 0 Å². The monoisotopic (exact) mass is 187 g/mol. The number of hydrogen-bond acceptors (Lipinski definition) is 1. The molecule has 1 aromatic carbocycles. The van der Waals surface area contributed by atoms with Crippen molar-refractivity contribution in [3.63, 3.8) is 0 Å². The first-order valence-electron chi connectivity index (χ1n) is 5.00. The molecule has 0 fully saturated rings. The van der Waals surface area contributed by atoms with Crippen LogP contribution in [0.4, 0.5) is 5.69 Å². The lowest BCUT2D eigenvalue weighted by atomic mass is 10.2. The summed E-state index contributed by atoms with van der Waals surface area (Å²) in [4.78, 5) is 2.09. The van der Waals surface area contributed by atoms with E-state index in [0.717, 1.165) is 18.4 Å². The van der Waals surface area contributed by atoms with Gasteiger partial charge in [0.25, 0.3) is 0 Å². The van der Waals surface area contributed by atoms with Gasteiger partial charge in [-0.1, -0.05) is 18.8 Å². The normalized spacial score (nSPS) is 9.07. The summed E-state index contributed by atoms with van der Waals surface area (Å²) in [6.45, 7) is 2.14. The zero-order valence-electron chi connectivity index (χ0n) is 9.17. The lowest BCUT2D eigenvalue weighted by molar-refractivity contribution is 0.983. The van der Waals surface area contributed by atoms with Crippen LogP contribution in [0, 0.1) is 11.8 Å². The first kappa shape index (κ1) is 10.7. The maximum atomic E-state index is 3.14. The minimum Gasteiger partial charge on any atom is -0.378 e. The van der Waals surface area contributed by atoms with Crippen molar-refractivity contribution >= 4 is 5.69 Å². The van der Waals surface area contributed by atoms with Gasteiger partial charge < -0.3 is 4.90 Å². The van der Waals surface area contributed by atoms with E-state index in [1.807, 2.05) is 14.1 Å². The second kappa shape index (κ2) is 5.34. The van der Waals surface area contributed by atoms with Crippen molar-refractivity contribution in [2.24, 2.45) is 0 Å². The SMILES string of the molecule is CCCC#Cc1ccc(N(C)C)cc1. The highest BCUT2D eigenvalue weighted by Crippen LogP contribution is 2.11. The summed E-state index contributed by atoms with van der Waals surface area (Å²) in [5.41, 5.74) is 2.31. The van der Waals surface area contributed by atoms with Gasteiger partial charge in [-0.2, -0.15) is 0 Å². The zero-order chi connectivity index (χ0) is 10.4. The summed E-state index contributed by atoms with van der Waals surface area (Å²) in [5.74, 6) is 6.28. The fourth-order valence-electron chi connectivity index (χ4n) is 1.13. The average molecular weight is 187 g/mol. The highest BCUT2D eigenvalue weighted by Gasteiger charge is 1.92. The molecule has 1 rings (SSSR count). The predicted octanol–water partition coefficient (Wildman–Crippen LogP) is 2.90. The first-order chi connectivity index (χ1) is 6.74. The number of rotatable bonds is 2. The van der Waals surface area contributed by atoms with E-state index in [1.165, 1.54) is 5.69 Å². The molecule has 0 radical (unpaired) electrons. The van der Waals surface area contributed by atoms with Gasteiger partial charge in [0.05, 0.1) is 0 Å². The van der Waals surface area contributed by atoms with Crippen LogP contribution >= 0.6 is 0 Å². The molecule has 1 aromatic rings. The van der Waals surface area contributed by atoms with Gasteiger partial charge in [-0.3, -0.25) is 0 Å². The lowest BCUT2D eigenvalue weighted by Gasteiger charge is -2.11. The number of unbranched alkanes of at least 4 members (excludes halogenated alkanes) is 1. The molecular weight excluding hydrogens is 170 g/mol. The highest BCUT2D eigenvalue weighted by molar-refractivity contribution is 5.49. The smallest absolute Gasteiger partial charge is 0.0361 e. The summed E-state index contributed by atoms with van der Waals surface area (Å²) in [6.07, 6.45) is 2.11. The van der Waals surface area contributed by atoms with Gasteiger partial charge in [0.15, 0.2) is 0 Å². The molecule has 0 bridgehead atoms. The molecule has 1 heteroatoms. The molecule has 0 atom stereocenters. The Morgan fingerprint density at radius 2 is 1.79 bits per heavy atom. The largest absolute Gasteiger partial charge is 0.378 e. The van der Waals surface area contributed by atoms with Crippen LogP contribution in [-0.2, 0) is 0 Å². The third-order valence-electron chi connectivity index (χ3n) is 1.99. The Kier molecular flexibility index (Phi) is 4.07. The number of benzene rings is 1. The summed E-state index contributed by atoms with van der Waals surface area (Å²) in [5, 5.41) is 0. The van der Waals surface area contributed by atoms with Crippen molar-refractivity contribution in [3.05, 3.63) is 29.8 Å². The van der Waals surface area contributed by atoms with Gasteiger partial charge in [0, 0.05) is 31.8 Å². The molecule has 0 spiro atoms. The first-order valence-corrected chi connectivity index (χ1v) is 5.00. The molecule has 0 aliphatic heterocycles. The summed E-state index contributed by atoms with van der Waals surface area (Å²) in [6, 6.07) is 8.32. The molecule has 1 nitrogen and oxygen atoms in total. The van der Waals surface area contributed by atoms with E-state index >= 15 is 0 Å². The standard InChI is InChI=1S/C13H17N/c1-4-5-6-7-12-8-10-13(11-9-12)14(2)3/h8-11H,4-5H2,1-3H3. The number of hydrogen-bond donors (Lipinski definition) is 0. The van der Waals surface area contributed by atoms with Crippen molar-refractivity contribution in [2.75, 3.05) is 19.0 Å². The van der Waals surface area contributed by atoms with E-state index in [0.29, 0.717) is 0 Å². The number of anilines is 1. The Hall–Kier alpha value is -1.42. The molecule has 74 valence electrons. The summed E-state index contributed by atoms with van der Waals surface area (Å²) in [7, 11) is 4.08. The molecule has 14 heavy (non-hydrogen) atoms. The van der Waals surface area contributed by atoms with Crippen LogP contribution in [0.3, 0.4) is 0 Å². The minimum atomic E-state index is 0.982. The quantitative estimate of drug-likeness (QED) is 0.643. The van der Waals surface area contributed by atoms with E-state index in [-0.39, 0.29) is 0 Å². The Morgan fingerprint density at radius 1 is 1.14 bits per heavy atom. The van der Waals surface area contributed by atoms with Crippen molar-refractivity contribution < 1.29 is 0 Å². The molecule has 0 aliphatic rings. The molecule has 0 saturated carbocycles. The molecular formula is C13H17N. The Bertz CT molecular complexity index is 324. The van der Waals surface area contributed by atoms with Crippen molar-refractivity contribution in [2.45, 2.75) is 19.8 Å². The van der Waals surface area contributed by atoms with Crippen LogP contribution < -0.4 is 4.90 Å². The molecule has 0 saturated heterocycles. The van der Waals surface area contributed by atoms with Crippen molar-refractivity contribution in [1.82, 2.24) is 0 Å². The van der Waals surface area contributed by atoms with Crippen LogP contribution in [0.25, 0.3) is 0 Å². The highest BCUT2D eigenvalue weighted by atomic mass is 15.1. The Balaban J connectivity index is 2.70. The molecule has 0 unspecified atom stereocenters. The predicted molar refractivity (Wildman–Crippen MR) is 62.6 cm³/mol. The fraction of sp³-hybridized carbons (Fsp3) is 0.385. The van der Waals surface area contributed by atoms with Crippen LogP contribution in [0.2, 0.25) is 0 Å². The van der Waals surface area contributed by atoms with Crippen molar-refractivity contribution in [1.29, 1.82) is 0 Å². The molecule has 0 aliphatic carbocycles. The molecule has 0 aromatic heterocycles. The average Bonchev–Trinajstić information content (AvgIpc) is 2.19. The third kappa shape index (κ3) is 3.14. The van der Waals surface area contributed by atoms with E-state index in [9.17, 15) is 0 Å². The van der Waals surface area contributed by atoms with Gasteiger partial charge in [-0.15, -0.1) is 0 Å². The summed E-state index contributed by atoms with van der Waals surface area (Å²) < 4.78 is 0. The maximum absolute atomic E-state index is 3.14. The van der Waals surface area contributed by atoms with Gasteiger partial charge in [-0.25, -0.2) is 0 Å². The molecule has 0 heterocycles. The Morgan fingerprint density at radius 3 is 2.29 bits per heavy atom. The topological polar surface area (TPSA) is 3.24 Å². The minimum absolute atomic E-state index is 0.982. The maximum Gasteiger partial charge on any atom is 0.0361 e. The van der Waals surface area contributed by atoms with Gasteiger partial charge in [0.1, 0.15) is 0 Å². The van der Waals surface area contributed by atoms with Crippen LogP contribution in [-0.4, -0.2) is 14.1 Å². The van der Waals surface area contributed by atoms with Crippen molar-refractivity contribution in [3.8, 4) is 11.8 Å². The van der Waals surface area contributed by atoms with Crippen LogP contribution in [0.15, 0.2) is 24.3 Å². The summed E-state index contributed by atoms with van der Waals surface area (Å²) >= 11 is 0. The Labute approximate surface area is 86.7 Å². The molecule has 0 N–H and O–H groups in total. The van der Waals surface area contributed by atoms with E-state index in [4.69, 9.17) is 0 Å². The number of nitrogens with zero attached hydrogens (tertiary/aromatic N) is 1. The van der Waals surface area contributed by atoms with E-state index in [2.05, 4.69) is 47.9 Å². The fourth-order valence-corrected chi connectivity index (χ4v) is 1.13. The second-order valence-corrected chi connectivity index (χ2v) is 3.49. The van der Waals surface area contributed by atoms with Crippen LogP contribution in [0.1, 0.15) is 25.3 Å². The van der Waals surface area contributed by atoms with Gasteiger partial charge in [-0.05, 0) is 30.7 Å². The second-order valence-electron chi connectivity index (χ2n) is 3.49. The molecule has 0 amide bonds. The third-order valence-corrected chi connectivity index (χ3v) is 1.99. The van der Waals surface area contributed by atoms with E-state index < -0.39 is 0 Å².